The van der Waals surface area contributed by atoms with Crippen molar-refractivity contribution in [2.75, 3.05) is 24.5 Å². The topological polar surface area (TPSA) is 24.5 Å². The zero-order valence-corrected chi connectivity index (χ0v) is 10.00. The third-order valence-electron chi connectivity index (χ3n) is 2.80. The van der Waals surface area contributed by atoms with E-state index in [1.165, 1.54) is 12.1 Å². The van der Waals surface area contributed by atoms with Gasteiger partial charge in [0.1, 0.15) is 0 Å². The van der Waals surface area contributed by atoms with E-state index in [9.17, 15) is 13.2 Å². The molecule has 2 rings (SSSR count). The minimum Gasteiger partial charge on any atom is -0.404 e. The van der Waals surface area contributed by atoms with E-state index in [0.717, 1.165) is 6.54 Å². The molecular formula is C12H15F3N2O. The van der Waals surface area contributed by atoms with E-state index < -0.39 is 6.36 Å². The van der Waals surface area contributed by atoms with Crippen LogP contribution in [0.2, 0.25) is 0 Å². The summed E-state index contributed by atoms with van der Waals surface area (Å²) in [6, 6.07) is 6.49. The number of ether oxygens (including phenoxy) is 1. The smallest absolute Gasteiger partial charge is 0.404 e. The predicted octanol–water partition coefficient (Wildman–Crippen LogP) is 2.38. The molecule has 1 saturated heterocycles. The molecule has 6 heteroatoms. The van der Waals surface area contributed by atoms with E-state index in [4.69, 9.17) is 0 Å². The van der Waals surface area contributed by atoms with Gasteiger partial charge >= 0.3 is 6.36 Å². The molecule has 1 unspecified atom stereocenters. The van der Waals surface area contributed by atoms with Gasteiger partial charge in [0.05, 0.1) is 5.69 Å². The average molecular weight is 260 g/mol. The van der Waals surface area contributed by atoms with Gasteiger partial charge in [0.15, 0.2) is 5.75 Å². The van der Waals surface area contributed by atoms with Crippen molar-refractivity contribution in [2.45, 2.75) is 19.3 Å². The summed E-state index contributed by atoms with van der Waals surface area (Å²) < 4.78 is 41.0. The Labute approximate surface area is 104 Å². The van der Waals surface area contributed by atoms with Crippen LogP contribution < -0.4 is 15.0 Å². The first kappa shape index (κ1) is 13.0. The normalized spacial score (nSPS) is 20.9. The van der Waals surface area contributed by atoms with E-state index in [1.54, 1.807) is 12.1 Å². The number of anilines is 1. The van der Waals surface area contributed by atoms with Gasteiger partial charge in [-0.15, -0.1) is 13.2 Å². The molecule has 1 aromatic carbocycles. The first-order chi connectivity index (χ1) is 8.46. The molecular weight excluding hydrogens is 245 g/mol. The molecule has 1 N–H and O–H groups in total. The molecule has 18 heavy (non-hydrogen) atoms. The standard InChI is InChI=1S/C12H15F3N2O/c1-9-8-17(7-6-16-9)10-4-2-3-5-11(10)18-12(13,14)15/h2-5,9,16H,6-8H2,1H3. The molecule has 0 saturated carbocycles. The summed E-state index contributed by atoms with van der Waals surface area (Å²) >= 11 is 0. The summed E-state index contributed by atoms with van der Waals surface area (Å²) in [6.45, 7) is 4.09. The van der Waals surface area contributed by atoms with Gasteiger partial charge in [-0.2, -0.15) is 0 Å². The molecule has 0 bridgehead atoms. The molecule has 1 aliphatic rings. The lowest BCUT2D eigenvalue weighted by Crippen LogP contribution is -2.49. The molecule has 1 fully saturated rings. The Kier molecular flexibility index (Phi) is 3.65. The molecule has 0 aromatic heterocycles. The Hall–Kier alpha value is -1.43. The van der Waals surface area contributed by atoms with Gasteiger partial charge in [-0.1, -0.05) is 12.1 Å². The molecule has 0 radical (unpaired) electrons. The molecule has 0 spiro atoms. The van der Waals surface area contributed by atoms with Gasteiger partial charge in [0.2, 0.25) is 0 Å². The van der Waals surface area contributed by atoms with Crippen molar-refractivity contribution >= 4 is 5.69 Å². The van der Waals surface area contributed by atoms with Crippen LogP contribution in [0.1, 0.15) is 6.92 Å². The van der Waals surface area contributed by atoms with E-state index in [0.29, 0.717) is 18.8 Å². The maximum Gasteiger partial charge on any atom is 0.573 e. The number of rotatable bonds is 2. The number of halogens is 3. The van der Waals surface area contributed by atoms with Crippen molar-refractivity contribution in [3.8, 4) is 5.75 Å². The average Bonchev–Trinajstić information content (AvgIpc) is 2.27. The number of hydrogen-bond donors (Lipinski definition) is 1. The van der Waals surface area contributed by atoms with Crippen LogP contribution >= 0.6 is 0 Å². The van der Waals surface area contributed by atoms with Crippen LogP contribution in [0.15, 0.2) is 24.3 Å². The fourth-order valence-electron chi connectivity index (χ4n) is 2.08. The van der Waals surface area contributed by atoms with Crippen molar-refractivity contribution in [1.82, 2.24) is 5.32 Å². The maximum atomic E-state index is 12.3. The van der Waals surface area contributed by atoms with Gasteiger partial charge in [-0.25, -0.2) is 0 Å². The third kappa shape index (κ3) is 3.29. The van der Waals surface area contributed by atoms with Crippen molar-refractivity contribution < 1.29 is 17.9 Å². The lowest BCUT2D eigenvalue weighted by Gasteiger charge is -2.34. The third-order valence-corrected chi connectivity index (χ3v) is 2.80. The molecule has 3 nitrogen and oxygen atoms in total. The first-order valence-electron chi connectivity index (χ1n) is 5.79. The summed E-state index contributed by atoms with van der Waals surface area (Å²) in [5.41, 5.74) is 0.489. The van der Waals surface area contributed by atoms with Crippen LogP contribution in [-0.4, -0.2) is 32.0 Å². The van der Waals surface area contributed by atoms with Crippen LogP contribution in [0.25, 0.3) is 0 Å². The number of piperazine rings is 1. The Morgan fingerprint density at radius 2 is 2.06 bits per heavy atom. The molecule has 1 aliphatic heterocycles. The molecule has 1 heterocycles. The summed E-state index contributed by atoms with van der Waals surface area (Å²) in [5, 5.41) is 3.24. The van der Waals surface area contributed by atoms with Gasteiger partial charge in [-0.3, -0.25) is 0 Å². The fraction of sp³-hybridized carbons (Fsp3) is 0.500. The lowest BCUT2D eigenvalue weighted by molar-refractivity contribution is -0.274. The number of alkyl halides is 3. The second kappa shape index (κ2) is 5.06. The first-order valence-corrected chi connectivity index (χ1v) is 5.79. The van der Waals surface area contributed by atoms with Crippen LogP contribution in [0, 0.1) is 0 Å². The van der Waals surface area contributed by atoms with Crippen molar-refractivity contribution in [3.63, 3.8) is 0 Å². The maximum absolute atomic E-state index is 12.3. The lowest BCUT2D eigenvalue weighted by atomic mass is 10.2. The van der Waals surface area contributed by atoms with Crippen molar-refractivity contribution in [2.24, 2.45) is 0 Å². The minimum atomic E-state index is -4.66. The summed E-state index contributed by atoms with van der Waals surface area (Å²) in [6.07, 6.45) is -4.66. The highest BCUT2D eigenvalue weighted by Crippen LogP contribution is 2.33. The summed E-state index contributed by atoms with van der Waals surface area (Å²) in [4.78, 5) is 1.90. The second-order valence-electron chi connectivity index (χ2n) is 4.32. The zero-order chi connectivity index (χ0) is 13.2. The Morgan fingerprint density at radius 1 is 1.33 bits per heavy atom. The van der Waals surface area contributed by atoms with E-state index >= 15 is 0 Å². The summed E-state index contributed by atoms with van der Waals surface area (Å²) in [7, 11) is 0. The number of benzene rings is 1. The quantitative estimate of drug-likeness (QED) is 0.883. The van der Waals surface area contributed by atoms with E-state index in [2.05, 4.69) is 10.1 Å². The number of para-hydroxylation sites is 2. The Morgan fingerprint density at radius 3 is 2.72 bits per heavy atom. The van der Waals surface area contributed by atoms with Gasteiger partial charge in [0, 0.05) is 25.7 Å². The zero-order valence-electron chi connectivity index (χ0n) is 10.00. The highest BCUT2D eigenvalue weighted by molar-refractivity contribution is 5.58. The van der Waals surface area contributed by atoms with Crippen LogP contribution in [0.3, 0.4) is 0 Å². The largest absolute Gasteiger partial charge is 0.573 e. The molecule has 100 valence electrons. The minimum absolute atomic E-state index is 0.140. The van der Waals surface area contributed by atoms with Crippen LogP contribution in [0.5, 0.6) is 5.75 Å². The van der Waals surface area contributed by atoms with Gasteiger partial charge in [0.25, 0.3) is 0 Å². The highest BCUT2D eigenvalue weighted by atomic mass is 19.4. The fourth-order valence-corrected chi connectivity index (χ4v) is 2.08. The predicted molar refractivity (Wildman–Crippen MR) is 62.8 cm³/mol. The molecule has 1 atom stereocenters. The highest BCUT2D eigenvalue weighted by Gasteiger charge is 2.33. The van der Waals surface area contributed by atoms with Gasteiger partial charge in [-0.05, 0) is 19.1 Å². The number of nitrogens with zero attached hydrogens (tertiary/aromatic N) is 1. The molecule has 0 aliphatic carbocycles. The number of nitrogens with one attached hydrogen (secondary N) is 1. The SMILES string of the molecule is CC1CN(c2ccccc2OC(F)(F)F)CCN1. The van der Waals surface area contributed by atoms with Crippen LogP contribution in [0.4, 0.5) is 18.9 Å². The number of hydrogen-bond acceptors (Lipinski definition) is 3. The van der Waals surface area contributed by atoms with Crippen molar-refractivity contribution in [3.05, 3.63) is 24.3 Å². The second-order valence-corrected chi connectivity index (χ2v) is 4.32. The van der Waals surface area contributed by atoms with E-state index in [-0.39, 0.29) is 11.8 Å². The molecule has 1 aromatic rings. The monoisotopic (exact) mass is 260 g/mol. The molecule has 0 amide bonds. The van der Waals surface area contributed by atoms with Crippen molar-refractivity contribution in [1.29, 1.82) is 0 Å². The van der Waals surface area contributed by atoms with Crippen LogP contribution in [-0.2, 0) is 0 Å². The van der Waals surface area contributed by atoms with E-state index in [1.807, 2.05) is 11.8 Å². The Bertz CT molecular complexity index is 409. The Balaban J connectivity index is 2.21. The van der Waals surface area contributed by atoms with Gasteiger partial charge < -0.3 is 15.0 Å². The summed E-state index contributed by atoms with van der Waals surface area (Å²) in [5.74, 6) is -0.140.